The molecule has 0 aromatic heterocycles. The van der Waals surface area contributed by atoms with Crippen LogP contribution in [0, 0.1) is 5.92 Å². The highest BCUT2D eigenvalue weighted by Gasteiger charge is 2.29. The molecule has 0 saturated carbocycles. The zero-order chi connectivity index (χ0) is 13.9. The fraction of sp³-hybridized carbons (Fsp3) is 0.562. The molecule has 1 saturated heterocycles. The summed E-state index contributed by atoms with van der Waals surface area (Å²) in [5.41, 5.74) is 1.11. The maximum absolute atomic E-state index is 12.7. The predicted octanol–water partition coefficient (Wildman–Crippen LogP) is 1.80. The van der Waals surface area contributed by atoms with Crippen LogP contribution in [-0.2, 0) is 11.3 Å². The van der Waals surface area contributed by atoms with Crippen molar-refractivity contribution < 1.29 is 9.53 Å². The number of carbonyl (C=O) groups is 1. The van der Waals surface area contributed by atoms with Crippen LogP contribution in [0.25, 0.3) is 0 Å². The van der Waals surface area contributed by atoms with Crippen molar-refractivity contribution >= 4 is 5.91 Å². The standard InChI is InChI=1S/C16H22N2O2/c1-12-6-7-13(10-17-12)16(19)18-8-9-20-15-5-3-2-4-14(15)11-18/h2-5,12-13,17H,6-11H2,1H3. The van der Waals surface area contributed by atoms with Gasteiger partial charge in [0.25, 0.3) is 0 Å². The Morgan fingerprint density at radius 2 is 2.20 bits per heavy atom. The molecule has 2 atom stereocenters. The monoisotopic (exact) mass is 274 g/mol. The molecule has 3 rings (SSSR count). The molecule has 1 aromatic carbocycles. The first-order valence-corrected chi connectivity index (χ1v) is 7.47. The van der Waals surface area contributed by atoms with Crippen molar-refractivity contribution in [1.29, 1.82) is 0 Å². The zero-order valence-corrected chi connectivity index (χ0v) is 12.0. The van der Waals surface area contributed by atoms with E-state index in [2.05, 4.69) is 12.2 Å². The van der Waals surface area contributed by atoms with Gasteiger partial charge in [0, 0.05) is 24.7 Å². The third-order valence-corrected chi connectivity index (χ3v) is 4.27. The molecule has 1 amide bonds. The predicted molar refractivity (Wildman–Crippen MR) is 77.5 cm³/mol. The van der Waals surface area contributed by atoms with Crippen molar-refractivity contribution in [3.8, 4) is 5.75 Å². The second-order valence-electron chi connectivity index (χ2n) is 5.80. The summed E-state index contributed by atoms with van der Waals surface area (Å²) in [6, 6.07) is 8.53. The first-order valence-electron chi connectivity index (χ1n) is 7.47. The first kappa shape index (κ1) is 13.4. The molecule has 2 unspecified atom stereocenters. The Morgan fingerprint density at radius 3 is 3.00 bits per heavy atom. The average molecular weight is 274 g/mol. The van der Waals surface area contributed by atoms with Gasteiger partial charge in [-0.2, -0.15) is 0 Å². The van der Waals surface area contributed by atoms with Crippen molar-refractivity contribution in [2.45, 2.75) is 32.4 Å². The van der Waals surface area contributed by atoms with Crippen LogP contribution >= 0.6 is 0 Å². The van der Waals surface area contributed by atoms with E-state index in [1.807, 2.05) is 29.2 Å². The Bertz CT molecular complexity index is 481. The number of rotatable bonds is 1. The summed E-state index contributed by atoms with van der Waals surface area (Å²) in [4.78, 5) is 14.6. The molecule has 4 nitrogen and oxygen atoms in total. The number of hydrogen-bond donors (Lipinski definition) is 1. The van der Waals surface area contributed by atoms with Crippen LogP contribution in [0.5, 0.6) is 5.75 Å². The summed E-state index contributed by atoms with van der Waals surface area (Å²) in [5, 5.41) is 3.41. The van der Waals surface area contributed by atoms with Gasteiger partial charge in [0.15, 0.2) is 0 Å². The highest BCUT2D eigenvalue weighted by atomic mass is 16.5. The van der Waals surface area contributed by atoms with Gasteiger partial charge in [-0.1, -0.05) is 18.2 Å². The van der Waals surface area contributed by atoms with Gasteiger partial charge in [-0.15, -0.1) is 0 Å². The number of nitrogens with one attached hydrogen (secondary N) is 1. The number of amides is 1. The summed E-state index contributed by atoms with van der Waals surface area (Å²) in [6.07, 6.45) is 2.07. The third-order valence-electron chi connectivity index (χ3n) is 4.27. The van der Waals surface area contributed by atoms with Crippen LogP contribution in [0.3, 0.4) is 0 Å². The van der Waals surface area contributed by atoms with Crippen molar-refractivity contribution in [3.05, 3.63) is 29.8 Å². The van der Waals surface area contributed by atoms with Gasteiger partial charge in [-0.3, -0.25) is 4.79 Å². The second kappa shape index (κ2) is 5.83. The quantitative estimate of drug-likeness (QED) is 0.849. The molecule has 20 heavy (non-hydrogen) atoms. The average Bonchev–Trinajstić information content (AvgIpc) is 2.69. The Balaban J connectivity index is 1.69. The van der Waals surface area contributed by atoms with Crippen molar-refractivity contribution in [1.82, 2.24) is 10.2 Å². The molecule has 2 aliphatic heterocycles. The summed E-state index contributed by atoms with van der Waals surface area (Å²) in [5.74, 6) is 1.30. The molecular formula is C16H22N2O2. The summed E-state index contributed by atoms with van der Waals surface area (Å²) in [6.45, 7) is 4.91. The second-order valence-corrected chi connectivity index (χ2v) is 5.80. The van der Waals surface area contributed by atoms with Crippen LogP contribution in [0.4, 0.5) is 0 Å². The molecule has 0 bridgehead atoms. The lowest BCUT2D eigenvalue weighted by Crippen LogP contribution is -2.46. The van der Waals surface area contributed by atoms with E-state index in [4.69, 9.17) is 4.74 Å². The van der Waals surface area contributed by atoms with Crippen LogP contribution < -0.4 is 10.1 Å². The molecular weight excluding hydrogens is 252 g/mol. The highest BCUT2D eigenvalue weighted by molar-refractivity contribution is 5.79. The van der Waals surface area contributed by atoms with Gasteiger partial charge in [0.1, 0.15) is 12.4 Å². The minimum atomic E-state index is 0.122. The van der Waals surface area contributed by atoms with Gasteiger partial charge in [0.2, 0.25) is 5.91 Å². The van der Waals surface area contributed by atoms with Crippen LogP contribution in [0.1, 0.15) is 25.3 Å². The Morgan fingerprint density at radius 1 is 1.35 bits per heavy atom. The number of carbonyl (C=O) groups excluding carboxylic acids is 1. The number of piperidine rings is 1. The molecule has 0 spiro atoms. The Kier molecular flexibility index (Phi) is 3.92. The van der Waals surface area contributed by atoms with Crippen molar-refractivity contribution in [2.24, 2.45) is 5.92 Å². The number of benzene rings is 1. The molecule has 0 aliphatic carbocycles. The van der Waals surface area contributed by atoms with E-state index in [1.54, 1.807) is 0 Å². The fourth-order valence-corrected chi connectivity index (χ4v) is 2.98. The molecule has 2 heterocycles. The third kappa shape index (κ3) is 2.80. The lowest BCUT2D eigenvalue weighted by Gasteiger charge is -2.31. The maximum atomic E-state index is 12.7. The Labute approximate surface area is 120 Å². The zero-order valence-electron chi connectivity index (χ0n) is 12.0. The molecule has 4 heteroatoms. The van der Waals surface area contributed by atoms with Gasteiger partial charge in [-0.25, -0.2) is 0 Å². The molecule has 1 aromatic rings. The largest absolute Gasteiger partial charge is 0.491 e. The normalized spacial score (nSPS) is 26.4. The molecule has 1 fully saturated rings. The summed E-state index contributed by atoms with van der Waals surface area (Å²) in [7, 11) is 0. The van der Waals surface area contributed by atoms with Gasteiger partial charge in [-0.05, 0) is 25.8 Å². The number of ether oxygens (including phenoxy) is 1. The van der Waals surface area contributed by atoms with Gasteiger partial charge >= 0.3 is 0 Å². The fourth-order valence-electron chi connectivity index (χ4n) is 2.98. The van der Waals surface area contributed by atoms with Gasteiger partial charge < -0.3 is 15.0 Å². The lowest BCUT2D eigenvalue weighted by molar-refractivity contribution is -0.137. The molecule has 0 radical (unpaired) electrons. The van der Waals surface area contributed by atoms with Crippen molar-refractivity contribution in [3.63, 3.8) is 0 Å². The molecule has 2 aliphatic rings. The highest BCUT2D eigenvalue weighted by Crippen LogP contribution is 2.24. The number of nitrogens with zero attached hydrogens (tertiary/aromatic N) is 1. The van der Waals surface area contributed by atoms with E-state index < -0.39 is 0 Å². The van der Waals surface area contributed by atoms with Crippen molar-refractivity contribution in [2.75, 3.05) is 19.7 Å². The number of hydrogen-bond acceptors (Lipinski definition) is 3. The summed E-state index contributed by atoms with van der Waals surface area (Å²) >= 11 is 0. The van der Waals surface area contributed by atoms with Crippen LogP contribution in [0.15, 0.2) is 24.3 Å². The van der Waals surface area contributed by atoms with Gasteiger partial charge in [0.05, 0.1) is 12.5 Å². The molecule has 1 N–H and O–H groups in total. The van der Waals surface area contributed by atoms with E-state index in [1.165, 1.54) is 0 Å². The minimum Gasteiger partial charge on any atom is -0.491 e. The minimum absolute atomic E-state index is 0.122. The van der Waals surface area contributed by atoms with Crippen LogP contribution in [0.2, 0.25) is 0 Å². The number of fused-ring (bicyclic) bond motifs is 1. The lowest BCUT2D eigenvalue weighted by atomic mass is 9.94. The van der Waals surface area contributed by atoms with E-state index in [9.17, 15) is 4.79 Å². The van der Waals surface area contributed by atoms with E-state index in [0.717, 1.165) is 30.7 Å². The Hall–Kier alpha value is -1.55. The summed E-state index contributed by atoms with van der Waals surface area (Å²) < 4.78 is 5.72. The van der Waals surface area contributed by atoms with E-state index >= 15 is 0 Å². The van der Waals surface area contributed by atoms with Crippen LogP contribution in [-0.4, -0.2) is 36.5 Å². The first-order chi connectivity index (χ1) is 9.74. The SMILES string of the molecule is CC1CCC(C(=O)N2CCOc3ccccc3C2)CN1. The maximum Gasteiger partial charge on any atom is 0.227 e. The van der Waals surface area contributed by atoms with E-state index in [0.29, 0.717) is 25.7 Å². The van der Waals surface area contributed by atoms with E-state index in [-0.39, 0.29) is 11.8 Å². The molecule has 108 valence electrons. The number of para-hydroxylation sites is 1. The topological polar surface area (TPSA) is 41.6 Å². The smallest absolute Gasteiger partial charge is 0.227 e.